The molecule has 1 nitrogen and oxygen atoms in total. The van der Waals surface area contributed by atoms with E-state index in [1.165, 1.54) is 0 Å². The van der Waals surface area contributed by atoms with E-state index in [1.54, 1.807) is 11.3 Å². The lowest BCUT2D eigenvalue weighted by molar-refractivity contribution is 1.20. The van der Waals surface area contributed by atoms with Gasteiger partial charge in [-0.05, 0) is 13.8 Å². The van der Waals surface area contributed by atoms with Gasteiger partial charge in [-0.15, -0.1) is 11.3 Å². The fourth-order valence-corrected chi connectivity index (χ4v) is 1.06. The van der Waals surface area contributed by atoms with Crippen LogP contribution in [-0.4, -0.2) is 4.98 Å². The zero-order chi connectivity index (χ0) is 5.28. The van der Waals surface area contributed by atoms with Gasteiger partial charge in [0.2, 0.25) is 0 Å². The first-order chi connectivity index (χ1) is 3.29. The largest absolute Gasteiger partial charge is 0.247 e. The van der Waals surface area contributed by atoms with Crippen molar-refractivity contribution in [2.45, 2.75) is 13.8 Å². The molecule has 38 valence electrons. The molecule has 0 radical (unpaired) electrons. The van der Waals surface area contributed by atoms with Gasteiger partial charge in [-0.1, -0.05) is 0 Å². The quantitative estimate of drug-likeness (QED) is 0.471. The van der Waals surface area contributed by atoms with E-state index in [1.807, 2.05) is 13.8 Å². The molecule has 0 aromatic carbocycles. The maximum Gasteiger partial charge on any atom is 0.0897 e. The highest BCUT2D eigenvalue weighted by molar-refractivity contribution is 7.09. The summed E-state index contributed by atoms with van der Waals surface area (Å²) in [4.78, 5) is 4.13. The molecule has 1 heterocycles. The molecule has 7 heavy (non-hydrogen) atoms. The predicted molar refractivity (Wildman–Crippen MR) is 31.6 cm³/mol. The minimum atomic E-state index is 1.13. The molecule has 0 unspecified atom stereocenters. The van der Waals surface area contributed by atoms with Crippen molar-refractivity contribution >= 4 is 11.3 Å². The highest BCUT2D eigenvalue weighted by atomic mass is 32.1. The number of aromatic nitrogens is 1. The average molecular weight is 116 g/mol. The summed E-state index contributed by atoms with van der Waals surface area (Å²) < 4.78 is 0. The summed E-state index contributed by atoms with van der Waals surface area (Å²) in [5, 5.41) is 3.20. The third kappa shape index (κ3) is 0.996. The lowest BCUT2D eigenvalue weighted by atomic mass is 10.9. The lowest BCUT2D eigenvalue weighted by Crippen LogP contribution is -1.67. The maximum absolute atomic E-state index is 4.13. The van der Waals surface area contributed by atoms with Crippen LogP contribution in [0, 0.1) is 13.8 Å². The Hall–Kier alpha value is -0.370. The third-order valence-electron chi connectivity index (χ3n) is 0.734. The minimum absolute atomic E-state index is 1.13. The van der Waals surface area contributed by atoms with E-state index in [2.05, 4.69) is 10.4 Å². The lowest BCUT2D eigenvalue weighted by Gasteiger charge is -1.71. The second-order valence-electron chi connectivity index (χ2n) is 1.51. The Morgan fingerprint density at radius 2 is 2.29 bits per heavy atom. The van der Waals surface area contributed by atoms with Crippen molar-refractivity contribution in [2.24, 2.45) is 0 Å². The van der Waals surface area contributed by atoms with Gasteiger partial charge in [0, 0.05) is 11.1 Å². The highest BCUT2D eigenvalue weighted by Gasteiger charge is 1.85. The number of hydrogen-bond donors (Lipinski definition) is 0. The van der Waals surface area contributed by atoms with E-state index in [4.69, 9.17) is 0 Å². The number of thiazole rings is 1. The standard InChI is InChI=1S/C5H7NS/c1-4-3-7-5(2)6-4/h3H,1-2H3/i1+1,3+1,4+1. The Morgan fingerprint density at radius 3 is 2.43 bits per heavy atom. The molecular weight excluding hydrogens is 109 g/mol. The second kappa shape index (κ2) is 1.62. The molecule has 0 spiro atoms. The Kier molecular flexibility index (Phi) is 1.11. The van der Waals surface area contributed by atoms with Crippen LogP contribution in [0.2, 0.25) is 0 Å². The topological polar surface area (TPSA) is 12.9 Å². The van der Waals surface area contributed by atoms with Crippen molar-refractivity contribution in [3.63, 3.8) is 0 Å². The van der Waals surface area contributed by atoms with Gasteiger partial charge in [0.25, 0.3) is 0 Å². The summed E-state index contributed by atoms with van der Waals surface area (Å²) in [6.07, 6.45) is 0. The first-order valence-corrected chi connectivity index (χ1v) is 3.06. The molecule has 0 aliphatic carbocycles. The van der Waals surface area contributed by atoms with Crippen LogP contribution in [0.1, 0.15) is 10.7 Å². The van der Waals surface area contributed by atoms with Crippen LogP contribution in [0.15, 0.2) is 5.38 Å². The first-order valence-electron chi connectivity index (χ1n) is 2.18. The molecule has 0 aliphatic heterocycles. The number of nitrogens with zero attached hydrogens (tertiary/aromatic N) is 1. The van der Waals surface area contributed by atoms with Gasteiger partial charge in [-0.2, -0.15) is 0 Å². The minimum Gasteiger partial charge on any atom is -0.247 e. The zero-order valence-corrected chi connectivity index (χ0v) is 5.25. The molecule has 1 aromatic rings. The van der Waals surface area contributed by atoms with Crippen LogP contribution in [0.3, 0.4) is 0 Å². The molecule has 0 saturated carbocycles. The zero-order valence-electron chi connectivity index (χ0n) is 4.43. The summed E-state index contributed by atoms with van der Waals surface area (Å²) in [7, 11) is 0. The van der Waals surface area contributed by atoms with Crippen molar-refractivity contribution in [2.75, 3.05) is 0 Å². The molecule has 0 amide bonds. The van der Waals surface area contributed by atoms with Crippen molar-refractivity contribution in [1.82, 2.24) is 4.98 Å². The van der Waals surface area contributed by atoms with Gasteiger partial charge in [-0.25, -0.2) is 4.98 Å². The fourth-order valence-electron chi connectivity index (χ4n) is 0.472. The summed E-state index contributed by atoms with van der Waals surface area (Å²) >= 11 is 1.69. The average Bonchev–Trinajstić information content (AvgIpc) is 1.87. The van der Waals surface area contributed by atoms with Crippen molar-refractivity contribution < 1.29 is 0 Å². The predicted octanol–water partition coefficient (Wildman–Crippen LogP) is 1.76. The Morgan fingerprint density at radius 1 is 1.57 bits per heavy atom. The molecule has 2 heteroatoms. The van der Waals surface area contributed by atoms with Gasteiger partial charge in [0.1, 0.15) is 0 Å². The van der Waals surface area contributed by atoms with E-state index in [-0.39, 0.29) is 0 Å². The summed E-state index contributed by atoms with van der Waals surface area (Å²) in [5.41, 5.74) is 1.13. The van der Waals surface area contributed by atoms with Gasteiger partial charge in [0.05, 0.1) is 5.01 Å². The molecule has 0 N–H and O–H groups in total. The highest BCUT2D eigenvalue weighted by Crippen LogP contribution is 2.04. The van der Waals surface area contributed by atoms with Gasteiger partial charge in [-0.3, -0.25) is 0 Å². The third-order valence-corrected chi connectivity index (χ3v) is 1.63. The molecule has 0 atom stereocenters. The van der Waals surface area contributed by atoms with Crippen molar-refractivity contribution in [3.8, 4) is 0 Å². The SMILES string of the molecule is Cc1n[13c]([13CH3])[13cH]s1. The maximum atomic E-state index is 4.13. The number of hydrogen-bond acceptors (Lipinski definition) is 2. The van der Waals surface area contributed by atoms with Gasteiger partial charge in [0.15, 0.2) is 0 Å². The van der Waals surface area contributed by atoms with Crippen LogP contribution in [0.4, 0.5) is 0 Å². The molecule has 1 aromatic heterocycles. The van der Waals surface area contributed by atoms with Crippen molar-refractivity contribution in [1.29, 1.82) is 0 Å². The van der Waals surface area contributed by atoms with Crippen LogP contribution in [-0.2, 0) is 0 Å². The van der Waals surface area contributed by atoms with Crippen LogP contribution < -0.4 is 0 Å². The first kappa shape index (κ1) is 4.78. The normalized spacial score (nSPS) is 9.43. The van der Waals surface area contributed by atoms with Crippen LogP contribution in [0.5, 0.6) is 0 Å². The smallest absolute Gasteiger partial charge is 0.0897 e. The molecule has 1 rings (SSSR count). The van der Waals surface area contributed by atoms with E-state index in [0.717, 1.165) is 10.7 Å². The van der Waals surface area contributed by atoms with Gasteiger partial charge >= 0.3 is 0 Å². The van der Waals surface area contributed by atoms with Crippen LogP contribution in [0.25, 0.3) is 0 Å². The van der Waals surface area contributed by atoms with Crippen molar-refractivity contribution in [3.05, 3.63) is 16.1 Å². The second-order valence-corrected chi connectivity index (χ2v) is 2.57. The fraction of sp³-hybridized carbons (Fsp3) is 0.400. The molecule has 0 aliphatic rings. The van der Waals surface area contributed by atoms with Gasteiger partial charge < -0.3 is 0 Å². The summed E-state index contributed by atoms with van der Waals surface area (Å²) in [6, 6.07) is 0. The molecule has 0 fully saturated rings. The number of aryl methyl sites for hydroxylation is 2. The van der Waals surface area contributed by atoms with E-state index in [0.29, 0.717) is 0 Å². The van der Waals surface area contributed by atoms with E-state index in [9.17, 15) is 0 Å². The Labute approximate surface area is 47.0 Å². The Balaban J connectivity index is 3.04. The van der Waals surface area contributed by atoms with E-state index < -0.39 is 0 Å². The molecule has 0 saturated heterocycles. The van der Waals surface area contributed by atoms with E-state index >= 15 is 0 Å². The summed E-state index contributed by atoms with van der Waals surface area (Å²) in [5.74, 6) is 0. The monoisotopic (exact) mass is 116 g/mol. The molecule has 0 bridgehead atoms. The molecular formula is C5H7NS. The van der Waals surface area contributed by atoms with Crippen LogP contribution >= 0.6 is 11.3 Å². The Bertz CT molecular complexity index is 140. The summed E-state index contributed by atoms with van der Waals surface area (Å²) in [6.45, 7) is 4.02. The number of rotatable bonds is 0.